The molecule has 5 rings (SSSR count). The van der Waals surface area contributed by atoms with Gasteiger partial charge in [0.1, 0.15) is 5.39 Å². The topological polar surface area (TPSA) is 106 Å². The second-order valence-corrected chi connectivity index (χ2v) is 9.20. The van der Waals surface area contributed by atoms with Crippen LogP contribution >= 0.6 is 23.1 Å². The molecule has 0 bridgehead atoms. The molecule has 160 valence electrons. The zero-order valence-electron chi connectivity index (χ0n) is 17.2. The maximum atomic E-state index is 12.6. The number of nitrogens with one attached hydrogen (secondary N) is 2. The van der Waals surface area contributed by atoms with E-state index >= 15 is 0 Å². The Morgan fingerprint density at radius 3 is 2.84 bits per heavy atom. The van der Waals surface area contributed by atoms with Gasteiger partial charge in [-0.25, -0.2) is 14.6 Å². The number of thiazole rings is 1. The Morgan fingerprint density at radius 2 is 2.00 bits per heavy atom. The quantitative estimate of drug-likeness (QED) is 0.301. The molecule has 0 saturated carbocycles. The summed E-state index contributed by atoms with van der Waals surface area (Å²) in [4.78, 5) is 36.7. The van der Waals surface area contributed by atoms with Gasteiger partial charge in [0.15, 0.2) is 15.9 Å². The van der Waals surface area contributed by atoms with Crippen molar-refractivity contribution in [3.8, 4) is 5.69 Å². The highest BCUT2D eigenvalue weighted by atomic mass is 32.2. The van der Waals surface area contributed by atoms with Gasteiger partial charge < -0.3 is 10.3 Å². The minimum Gasteiger partial charge on any atom is -0.301 e. The predicted octanol–water partition coefficient (Wildman–Crippen LogP) is 4.07. The van der Waals surface area contributed by atoms with Gasteiger partial charge in [-0.05, 0) is 43.2 Å². The van der Waals surface area contributed by atoms with E-state index in [0.29, 0.717) is 21.3 Å². The lowest BCUT2D eigenvalue weighted by Gasteiger charge is -2.09. The van der Waals surface area contributed by atoms with Crippen LogP contribution in [0.25, 0.3) is 26.9 Å². The summed E-state index contributed by atoms with van der Waals surface area (Å²) in [6.45, 7) is 4.03. The first kappa shape index (κ1) is 20.4. The molecule has 2 aromatic carbocycles. The van der Waals surface area contributed by atoms with E-state index in [9.17, 15) is 9.59 Å². The van der Waals surface area contributed by atoms with Crippen molar-refractivity contribution >= 4 is 55.4 Å². The summed E-state index contributed by atoms with van der Waals surface area (Å²) in [6.07, 6.45) is 1.51. The van der Waals surface area contributed by atoms with Gasteiger partial charge in [0.05, 0.1) is 27.9 Å². The number of H-pyrrole nitrogens is 1. The highest BCUT2D eigenvalue weighted by molar-refractivity contribution is 7.99. The molecule has 0 aliphatic carbocycles. The minimum absolute atomic E-state index is 0.0853. The van der Waals surface area contributed by atoms with Crippen molar-refractivity contribution in [2.75, 3.05) is 11.1 Å². The fourth-order valence-electron chi connectivity index (χ4n) is 3.32. The summed E-state index contributed by atoms with van der Waals surface area (Å²) in [5.41, 5.74) is 4.05. The molecule has 0 atom stereocenters. The van der Waals surface area contributed by atoms with Crippen molar-refractivity contribution in [3.63, 3.8) is 0 Å². The van der Waals surface area contributed by atoms with Crippen molar-refractivity contribution < 1.29 is 4.79 Å². The van der Waals surface area contributed by atoms with Crippen LogP contribution in [-0.2, 0) is 4.79 Å². The van der Waals surface area contributed by atoms with E-state index in [1.807, 2.05) is 56.3 Å². The lowest BCUT2D eigenvalue weighted by Crippen LogP contribution is -2.15. The number of nitrogens with zero attached hydrogens (tertiary/aromatic N) is 4. The first-order valence-corrected chi connectivity index (χ1v) is 11.6. The molecular formula is C22H18N6O2S2. The second-order valence-electron chi connectivity index (χ2n) is 7.21. The van der Waals surface area contributed by atoms with E-state index in [2.05, 4.69) is 25.4 Å². The number of hydrogen-bond donors (Lipinski definition) is 2. The summed E-state index contributed by atoms with van der Waals surface area (Å²) >= 11 is 2.57. The lowest BCUT2D eigenvalue weighted by atomic mass is 10.1. The predicted molar refractivity (Wildman–Crippen MR) is 128 cm³/mol. The third-order valence-corrected chi connectivity index (χ3v) is 6.93. The van der Waals surface area contributed by atoms with Crippen LogP contribution < -0.4 is 10.9 Å². The molecule has 1 amide bonds. The molecule has 0 aliphatic rings. The van der Waals surface area contributed by atoms with E-state index in [-0.39, 0.29) is 17.2 Å². The number of rotatable bonds is 5. The Labute approximate surface area is 190 Å². The number of fused-ring (bicyclic) bond motifs is 2. The molecule has 8 nitrogen and oxygen atoms in total. The van der Waals surface area contributed by atoms with E-state index in [0.717, 1.165) is 38.8 Å². The van der Waals surface area contributed by atoms with Crippen molar-refractivity contribution in [1.82, 2.24) is 24.7 Å². The summed E-state index contributed by atoms with van der Waals surface area (Å²) < 4.78 is 2.67. The molecule has 10 heteroatoms. The van der Waals surface area contributed by atoms with Crippen LogP contribution in [0.3, 0.4) is 0 Å². The average Bonchev–Trinajstić information content (AvgIpc) is 3.38. The number of carbonyl (C=O) groups excluding carboxylic acids is 1. The molecule has 3 aromatic heterocycles. The third kappa shape index (κ3) is 3.78. The molecule has 32 heavy (non-hydrogen) atoms. The number of aromatic nitrogens is 5. The number of amides is 1. The van der Waals surface area contributed by atoms with Crippen LogP contribution in [0.1, 0.15) is 11.1 Å². The average molecular weight is 463 g/mol. The maximum Gasteiger partial charge on any atom is 0.262 e. The molecule has 0 fully saturated rings. The summed E-state index contributed by atoms with van der Waals surface area (Å²) in [5.74, 6) is -0.137. The van der Waals surface area contributed by atoms with Crippen LogP contribution in [0.4, 0.5) is 5.13 Å². The van der Waals surface area contributed by atoms with Gasteiger partial charge in [-0.15, -0.1) is 0 Å². The number of thioether (sulfide) groups is 1. The van der Waals surface area contributed by atoms with Crippen LogP contribution in [0.2, 0.25) is 0 Å². The first-order valence-electron chi connectivity index (χ1n) is 9.82. The molecular weight excluding hydrogens is 444 g/mol. The molecule has 3 heterocycles. The minimum atomic E-state index is -0.291. The molecule has 0 saturated heterocycles. The third-order valence-electron chi connectivity index (χ3n) is 5.10. The largest absolute Gasteiger partial charge is 0.301 e. The second kappa shape index (κ2) is 8.21. The van der Waals surface area contributed by atoms with Gasteiger partial charge in [0.2, 0.25) is 5.91 Å². The number of para-hydroxylation sites is 1. The van der Waals surface area contributed by atoms with Gasteiger partial charge >= 0.3 is 0 Å². The number of benzene rings is 2. The molecule has 5 aromatic rings. The van der Waals surface area contributed by atoms with E-state index in [4.69, 9.17) is 0 Å². The highest BCUT2D eigenvalue weighted by Crippen LogP contribution is 2.26. The Bertz CT molecular complexity index is 1500. The maximum absolute atomic E-state index is 12.6. The molecule has 0 aliphatic heterocycles. The van der Waals surface area contributed by atoms with Gasteiger partial charge in [-0.2, -0.15) is 5.10 Å². The van der Waals surface area contributed by atoms with Crippen molar-refractivity contribution in [1.29, 1.82) is 0 Å². The Balaban J connectivity index is 1.38. The van der Waals surface area contributed by atoms with Crippen molar-refractivity contribution in [3.05, 3.63) is 70.1 Å². The number of anilines is 1. The lowest BCUT2D eigenvalue weighted by molar-refractivity contribution is -0.113. The monoisotopic (exact) mass is 462 g/mol. The van der Waals surface area contributed by atoms with Gasteiger partial charge in [0, 0.05) is 0 Å². The fourth-order valence-corrected chi connectivity index (χ4v) is 4.86. The molecule has 0 unspecified atom stereocenters. The van der Waals surface area contributed by atoms with Crippen LogP contribution in [0.15, 0.2) is 58.6 Å². The van der Waals surface area contributed by atoms with E-state index in [1.165, 1.54) is 17.5 Å². The highest BCUT2D eigenvalue weighted by Gasteiger charge is 2.15. The normalized spacial score (nSPS) is 11.3. The smallest absolute Gasteiger partial charge is 0.262 e. The SMILES string of the molecule is Cc1cccc(-n2ncc3c(=O)[nH]c(SCC(=O)Nc4nc5ccccc5s4)nc32)c1C. The standard InChI is InChI=1S/C22H18N6O2S2/c1-12-6-5-8-16(13(12)2)28-19-14(10-23-28)20(30)27-21(26-19)31-11-18(29)25-22-24-15-7-3-4-9-17(15)32-22/h3-10H,11H2,1-2H3,(H,24,25,29)(H,26,27,30). The van der Waals surface area contributed by atoms with E-state index in [1.54, 1.807) is 4.68 Å². The number of aryl methyl sites for hydroxylation is 1. The van der Waals surface area contributed by atoms with Crippen molar-refractivity contribution in [2.45, 2.75) is 19.0 Å². The zero-order valence-corrected chi connectivity index (χ0v) is 18.9. The zero-order chi connectivity index (χ0) is 22.2. The summed E-state index contributed by atoms with van der Waals surface area (Å²) in [7, 11) is 0. The van der Waals surface area contributed by atoms with Crippen LogP contribution in [0, 0.1) is 13.8 Å². The van der Waals surface area contributed by atoms with Crippen LogP contribution in [0.5, 0.6) is 0 Å². The first-order chi connectivity index (χ1) is 15.5. The van der Waals surface area contributed by atoms with Gasteiger partial charge in [-0.3, -0.25) is 9.59 Å². The summed E-state index contributed by atoms with van der Waals surface area (Å²) in [5, 5.41) is 8.49. The van der Waals surface area contributed by atoms with Gasteiger partial charge in [0.25, 0.3) is 5.56 Å². The molecule has 0 radical (unpaired) electrons. The van der Waals surface area contributed by atoms with Gasteiger partial charge in [-0.1, -0.05) is 47.4 Å². The molecule has 0 spiro atoms. The Morgan fingerprint density at radius 1 is 1.16 bits per heavy atom. The number of carbonyl (C=O) groups is 1. The fraction of sp³-hybridized carbons (Fsp3) is 0.136. The Hall–Kier alpha value is -3.50. The van der Waals surface area contributed by atoms with Crippen LogP contribution in [-0.4, -0.2) is 36.4 Å². The van der Waals surface area contributed by atoms with Crippen molar-refractivity contribution in [2.24, 2.45) is 0 Å². The Kier molecular flexibility index (Phi) is 5.24. The number of hydrogen-bond acceptors (Lipinski definition) is 7. The number of aromatic amines is 1. The molecule has 2 N–H and O–H groups in total. The summed E-state index contributed by atoms with van der Waals surface area (Å²) in [6, 6.07) is 13.6. The van der Waals surface area contributed by atoms with E-state index < -0.39 is 0 Å².